The normalized spacial score (nSPS) is 11.5. The van der Waals surface area contributed by atoms with Gasteiger partial charge in [-0.15, -0.1) is 6.42 Å². The van der Waals surface area contributed by atoms with Gasteiger partial charge in [0.2, 0.25) is 5.88 Å². The van der Waals surface area contributed by atoms with Gasteiger partial charge in [-0.3, -0.25) is 0 Å². The molecule has 0 fully saturated rings. The molecule has 0 bridgehead atoms. The van der Waals surface area contributed by atoms with Gasteiger partial charge in [0.25, 0.3) is 5.78 Å². The van der Waals surface area contributed by atoms with Crippen molar-refractivity contribution < 1.29 is 4.74 Å². The van der Waals surface area contributed by atoms with E-state index in [9.17, 15) is 0 Å². The molecule has 0 amide bonds. The first-order valence-electron chi connectivity index (χ1n) is 4.97. The van der Waals surface area contributed by atoms with E-state index in [1.807, 2.05) is 0 Å². The molecular formula is C11H11ClN4O. The van der Waals surface area contributed by atoms with Gasteiger partial charge in [0.05, 0.1) is 0 Å². The van der Waals surface area contributed by atoms with Crippen molar-refractivity contribution in [1.82, 2.24) is 19.6 Å². The number of terminal acetylenes is 1. The number of aromatic nitrogens is 4. The molecule has 0 aliphatic rings. The largest absolute Gasteiger partial charge is 0.458 e. The minimum Gasteiger partial charge on any atom is -0.458 e. The highest BCUT2D eigenvalue weighted by atomic mass is 35.5. The van der Waals surface area contributed by atoms with Crippen LogP contribution in [0, 0.1) is 19.3 Å². The first-order valence-corrected chi connectivity index (χ1v) is 5.35. The van der Waals surface area contributed by atoms with Gasteiger partial charge in [-0.05, 0) is 20.8 Å². The number of fused-ring (bicyclic) bond motifs is 1. The van der Waals surface area contributed by atoms with Crippen LogP contribution < -0.4 is 4.74 Å². The van der Waals surface area contributed by atoms with Crippen LogP contribution in [0.1, 0.15) is 19.4 Å². The number of rotatable bonds is 2. The highest BCUT2D eigenvalue weighted by molar-refractivity contribution is 6.30. The molecule has 0 saturated carbocycles. The molecule has 2 aromatic rings. The van der Waals surface area contributed by atoms with Crippen molar-refractivity contribution in [2.75, 3.05) is 0 Å². The zero-order chi connectivity index (χ0) is 12.6. The summed E-state index contributed by atoms with van der Waals surface area (Å²) in [6.07, 6.45) is 6.78. The Morgan fingerprint density at radius 3 is 2.88 bits per heavy atom. The molecule has 2 aromatic heterocycles. The minimum atomic E-state index is -0.756. The molecule has 0 aromatic carbocycles. The maximum absolute atomic E-state index is 6.00. The highest BCUT2D eigenvalue weighted by Gasteiger charge is 2.21. The molecule has 0 saturated heterocycles. The van der Waals surface area contributed by atoms with E-state index in [0.717, 1.165) is 0 Å². The van der Waals surface area contributed by atoms with Crippen LogP contribution >= 0.6 is 11.6 Å². The third kappa shape index (κ3) is 2.04. The van der Waals surface area contributed by atoms with Gasteiger partial charge in [0.1, 0.15) is 11.5 Å². The molecule has 0 atom stereocenters. The van der Waals surface area contributed by atoms with Gasteiger partial charge < -0.3 is 4.74 Å². The van der Waals surface area contributed by atoms with E-state index < -0.39 is 5.60 Å². The Bertz CT molecular complexity index is 612. The SMILES string of the molecule is C#CC(C)(C)Oc1c(C)c(Cl)nc2ncnn12. The van der Waals surface area contributed by atoms with E-state index in [0.29, 0.717) is 22.4 Å². The Morgan fingerprint density at radius 2 is 2.24 bits per heavy atom. The second-order valence-electron chi connectivity index (χ2n) is 4.06. The van der Waals surface area contributed by atoms with Crippen LogP contribution in [-0.2, 0) is 0 Å². The van der Waals surface area contributed by atoms with Crippen molar-refractivity contribution in [3.8, 4) is 18.2 Å². The lowest BCUT2D eigenvalue weighted by molar-refractivity contribution is 0.158. The maximum atomic E-state index is 6.00. The van der Waals surface area contributed by atoms with Crippen LogP contribution in [0.4, 0.5) is 0 Å². The fraction of sp³-hybridized carbons (Fsp3) is 0.364. The van der Waals surface area contributed by atoms with E-state index in [1.165, 1.54) is 10.8 Å². The van der Waals surface area contributed by atoms with Gasteiger partial charge in [0, 0.05) is 5.56 Å². The Morgan fingerprint density at radius 1 is 1.53 bits per heavy atom. The Balaban J connectivity index is 2.63. The van der Waals surface area contributed by atoms with Gasteiger partial charge in [-0.25, -0.2) is 0 Å². The van der Waals surface area contributed by atoms with Crippen LogP contribution in [0.25, 0.3) is 5.78 Å². The Kier molecular flexibility index (Phi) is 2.68. The smallest absolute Gasteiger partial charge is 0.256 e. The molecule has 0 radical (unpaired) electrons. The van der Waals surface area contributed by atoms with Gasteiger partial charge in [-0.1, -0.05) is 17.5 Å². The van der Waals surface area contributed by atoms with Crippen LogP contribution in [0.5, 0.6) is 5.88 Å². The molecule has 17 heavy (non-hydrogen) atoms. The lowest BCUT2D eigenvalue weighted by atomic mass is 10.1. The summed E-state index contributed by atoms with van der Waals surface area (Å²) in [6.45, 7) is 5.35. The van der Waals surface area contributed by atoms with E-state index in [1.54, 1.807) is 20.8 Å². The number of hydrogen-bond donors (Lipinski definition) is 0. The average Bonchev–Trinajstić information content (AvgIpc) is 2.72. The summed E-state index contributed by atoms with van der Waals surface area (Å²) in [6, 6.07) is 0. The van der Waals surface area contributed by atoms with Crippen LogP contribution in [0.15, 0.2) is 6.33 Å². The topological polar surface area (TPSA) is 52.3 Å². The zero-order valence-electron chi connectivity index (χ0n) is 9.73. The Labute approximate surface area is 104 Å². The van der Waals surface area contributed by atoms with Gasteiger partial charge in [-0.2, -0.15) is 19.6 Å². The molecule has 88 valence electrons. The number of ether oxygens (including phenoxy) is 1. The summed E-state index contributed by atoms with van der Waals surface area (Å²) in [5.74, 6) is 3.38. The second-order valence-corrected chi connectivity index (χ2v) is 4.42. The predicted molar refractivity (Wildman–Crippen MR) is 64.1 cm³/mol. The van der Waals surface area contributed by atoms with Crippen LogP contribution in [-0.4, -0.2) is 25.2 Å². The molecule has 0 aliphatic heterocycles. The summed E-state index contributed by atoms with van der Waals surface area (Å²) in [7, 11) is 0. The van der Waals surface area contributed by atoms with Crippen molar-refractivity contribution in [3.05, 3.63) is 17.0 Å². The second kappa shape index (κ2) is 3.90. The van der Waals surface area contributed by atoms with E-state index in [2.05, 4.69) is 21.0 Å². The van der Waals surface area contributed by atoms with E-state index >= 15 is 0 Å². The first-order chi connectivity index (χ1) is 7.94. The van der Waals surface area contributed by atoms with Crippen molar-refractivity contribution in [1.29, 1.82) is 0 Å². The summed E-state index contributed by atoms with van der Waals surface area (Å²) < 4.78 is 7.21. The standard InChI is InChI=1S/C11H11ClN4O/c1-5-11(3,4)17-9-7(2)8(12)15-10-13-6-14-16(9)10/h1,6H,2-4H3. The third-order valence-corrected chi connectivity index (χ3v) is 2.62. The zero-order valence-corrected chi connectivity index (χ0v) is 10.5. The van der Waals surface area contributed by atoms with Crippen molar-refractivity contribution >= 4 is 17.4 Å². The first kappa shape index (κ1) is 11.7. The summed E-state index contributed by atoms with van der Waals surface area (Å²) in [5.41, 5.74) is -0.0816. The Hall–Kier alpha value is -1.80. The molecule has 5 nitrogen and oxygen atoms in total. The maximum Gasteiger partial charge on any atom is 0.256 e. The average molecular weight is 251 g/mol. The monoisotopic (exact) mass is 250 g/mol. The van der Waals surface area contributed by atoms with Crippen molar-refractivity contribution in [3.63, 3.8) is 0 Å². The molecule has 2 rings (SSSR count). The third-order valence-electron chi connectivity index (χ3n) is 2.25. The fourth-order valence-electron chi connectivity index (χ4n) is 1.26. The van der Waals surface area contributed by atoms with Gasteiger partial charge >= 0.3 is 0 Å². The number of nitrogens with zero attached hydrogens (tertiary/aromatic N) is 4. The molecule has 0 N–H and O–H groups in total. The van der Waals surface area contributed by atoms with Gasteiger partial charge in [0.15, 0.2) is 5.60 Å². The predicted octanol–water partition coefficient (Wildman–Crippen LogP) is 1.88. The van der Waals surface area contributed by atoms with Crippen molar-refractivity contribution in [2.45, 2.75) is 26.4 Å². The van der Waals surface area contributed by atoms with Crippen molar-refractivity contribution in [2.24, 2.45) is 0 Å². The minimum absolute atomic E-state index is 0.327. The molecular weight excluding hydrogens is 240 g/mol. The molecule has 0 unspecified atom stereocenters. The lowest BCUT2D eigenvalue weighted by Crippen LogP contribution is -2.27. The summed E-state index contributed by atoms with van der Waals surface area (Å²) >= 11 is 6.00. The quantitative estimate of drug-likeness (QED) is 0.603. The van der Waals surface area contributed by atoms with Crippen LogP contribution in [0.3, 0.4) is 0 Å². The van der Waals surface area contributed by atoms with Crippen LogP contribution in [0.2, 0.25) is 5.15 Å². The van der Waals surface area contributed by atoms with E-state index in [-0.39, 0.29) is 0 Å². The molecule has 6 heteroatoms. The number of hydrogen-bond acceptors (Lipinski definition) is 4. The molecule has 2 heterocycles. The highest BCUT2D eigenvalue weighted by Crippen LogP contribution is 2.27. The molecule has 0 spiro atoms. The fourth-order valence-corrected chi connectivity index (χ4v) is 1.42. The lowest BCUT2D eigenvalue weighted by Gasteiger charge is -2.21. The summed E-state index contributed by atoms with van der Waals surface area (Å²) in [5, 5.41) is 4.36. The van der Waals surface area contributed by atoms with E-state index in [4.69, 9.17) is 22.8 Å². The summed E-state index contributed by atoms with van der Waals surface area (Å²) in [4.78, 5) is 8.04. The number of halogens is 1. The molecule has 0 aliphatic carbocycles.